The van der Waals surface area contributed by atoms with Crippen molar-refractivity contribution in [1.82, 2.24) is 4.98 Å². The van der Waals surface area contributed by atoms with E-state index in [9.17, 15) is 19.2 Å². The van der Waals surface area contributed by atoms with Crippen molar-refractivity contribution in [2.24, 2.45) is 4.36 Å². The van der Waals surface area contributed by atoms with Gasteiger partial charge in [0.05, 0.1) is 24.6 Å². The third-order valence-corrected chi connectivity index (χ3v) is 8.86. The van der Waals surface area contributed by atoms with Gasteiger partial charge in [-0.25, -0.2) is 4.79 Å². The zero-order valence-corrected chi connectivity index (χ0v) is 18.2. The minimum Gasteiger partial charge on any atom is -0.439 e. The Morgan fingerprint density at radius 1 is 1.23 bits per heavy atom. The quantitative estimate of drug-likeness (QED) is 0.610. The molecular formula is C21H24N3O4S2-. The van der Waals surface area contributed by atoms with Gasteiger partial charge in [0.25, 0.3) is 0 Å². The SMILES string of the molecule is O=C(/N=[S-](=O)/c1cc(C(CO)CO)cs1)Nc1c2c(nc3c1CCC31CC1)CCC2. The van der Waals surface area contributed by atoms with Crippen LogP contribution in [0.2, 0.25) is 0 Å². The lowest BCUT2D eigenvalue weighted by atomic mass is 10.0. The third kappa shape index (κ3) is 3.37. The number of aliphatic hydroxyl groups is 2. The van der Waals surface area contributed by atoms with E-state index in [2.05, 4.69) is 9.68 Å². The fourth-order valence-corrected chi connectivity index (χ4v) is 6.56. The number of thiophene rings is 1. The maximum absolute atomic E-state index is 12.7. The number of aromatic nitrogens is 1. The first-order valence-electron chi connectivity index (χ1n) is 10.3. The van der Waals surface area contributed by atoms with Crippen molar-refractivity contribution in [2.75, 3.05) is 18.5 Å². The standard InChI is InChI=1S/C21H24N3O4S2/c25-9-13(10-26)12-8-17(29-11-12)30(28)24-20(27)23-18-14-2-1-3-16(14)22-19-15(18)4-5-21(19)6-7-21/h8,11,13,25-26H,1-7,9-10H2,(H,22,23,27)/q-1. The molecule has 2 heterocycles. The number of hydrogen-bond acceptors (Lipinski definition) is 7. The predicted molar refractivity (Wildman–Crippen MR) is 114 cm³/mol. The van der Waals surface area contributed by atoms with Crippen LogP contribution in [-0.4, -0.2) is 34.4 Å². The third-order valence-electron chi connectivity index (χ3n) is 6.61. The van der Waals surface area contributed by atoms with E-state index in [4.69, 9.17) is 4.98 Å². The lowest BCUT2D eigenvalue weighted by molar-refractivity contribution is 0.192. The number of urea groups is 1. The molecule has 0 unspecified atom stereocenters. The zero-order valence-electron chi connectivity index (χ0n) is 16.5. The van der Waals surface area contributed by atoms with Crippen molar-refractivity contribution in [3.05, 3.63) is 39.5 Å². The first-order chi connectivity index (χ1) is 14.5. The highest BCUT2D eigenvalue weighted by Gasteiger charge is 2.51. The molecular weight excluding hydrogens is 422 g/mol. The second-order valence-corrected chi connectivity index (χ2v) is 10.7. The van der Waals surface area contributed by atoms with Crippen LogP contribution in [0.3, 0.4) is 0 Å². The van der Waals surface area contributed by atoms with Crippen molar-refractivity contribution in [1.29, 1.82) is 0 Å². The van der Waals surface area contributed by atoms with Crippen LogP contribution in [0.1, 0.15) is 59.7 Å². The van der Waals surface area contributed by atoms with Gasteiger partial charge in [0, 0.05) is 17.0 Å². The van der Waals surface area contributed by atoms with Gasteiger partial charge in [-0.05, 0) is 71.2 Å². The average molecular weight is 447 g/mol. The summed E-state index contributed by atoms with van der Waals surface area (Å²) in [6, 6.07) is 1.02. The van der Waals surface area contributed by atoms with Crippen molar-refractivity contribution >= 4 is 33.7 Å². The van der Waals surface area contributed by atoms with Gasteiger partial charge in [0.2, 0.25) is 0 Å². The summed E-state index contributed by atoms with van der Waals surface area (Å²) in [4.78, 5) is 17.6. The van der Waals surface area contributed by atoms with Gasteiger partial charge >= 0.3 is 6.03 Å². The van der Waals surface area contributed by atoms with Gasteiger partial charge in [-0.15, -0.1) is 10.6 Å². The largest absolute Gasteiger partial charge is 0.439 e. The van der Waals surface area contributed by atoms with E-state index in [-0.39, 0.29) is 18.6 Å². The van der Waals surface area contributed by atoms with Gasteiger partial charge in [0.15, 0.2) is 0 Å². The van der Waals surface area contributed by atoms with Gasteiger partial charge in [-0.3, -0.25) is 4.98 Å². The number of nitrogens with zero attached hydrogens (tertiary/aromatic N) is 2. The Hall–Kier alpha value is -1.81. The smallest absolute Gasteiger partial charge is 0.322 e. The summed E-state index contributed by atoms with van der Waals surface area (Å²) < 4.78 is 16.9. The first kappa shape index (κ1) is 20.1. The van der Waals surface area contributed by atoms with E-state index in [0.717, 1.165) is 54.6 Å². The summed E-state index contributed by atoms with van der Waals surface area (Å²) >= 11 is 1.21. The second kappa shape index (κ2) is 7.71. The lowest BCUT2D eigenvalue weighted by Gasteiger charge is -2.16. The molecule has 30 heavy (non-hydrogen) atoms. The summed E-state index contributed by atoms with van der Waals surface area (Å²) in [5, 5.41) is 23.3. The number of nitrogens with one attached hydrogen (secondary N) is 1. The van der Waals surface area contributed by atoms with Crippen LogP contribution in [0.25, 0.3) is 0 Å². The fourth-order valence-electron chi connectivity index (χ4n) is 4.73. The minimum absolute atomic E-state index is 0.198. The maximum atomic E-state index is 12.7. The summed E-state index contributed by atoms with van der Waals surface area (Å²) in [6.07, 6.45) is 7.26. The van der Waals surface area contributed by atoms with Crippen LogP contribution in [0.5, 0.6) is 0 Å². The molecule has 0 atom stereocenters. The Kier molecular flexibility index (Phi) is 5.17. The van der Waals surface area contributed by atoms with Crippen LogP contribution in [0, 0.1) is 0 Å². The second-order valence-electron chi connectivity index (χ2n) is 8.40. The number of amides is 2. The lowest BCUT2D eigenvalue weighted by Crippen LogP contribution is -2.13. The predicted octanol–water partition coefficient (Wildman–Crippen LogP) is 3.42. The molecule has 0 radical (unpaired) electrons. The molecule has 2 aromatic rings. The van der Waals surface area contributed by atoms with Crippen molar-refractivity contribution in [3.63, 3.8) is 0 Å². The van der Waals surface area contributed by atoms with E-state index in [1.54, 1.807) is 11.4 Å². The van der Waals surface area contributed by atoms with Gasteiger partial charge in [-0.2, -0.15) is 11.3 Å². The molecule has 3 N–H and O–H groups in total. The van der Waals surface area contributed by atoms with Crippen LogP contribution < -0.4 is 5.32 Å². The minimum atomic E-state index is -1.83. The Labute approximate surface area is 180 Å². The molecule has 9 heteroatoms. The molecule has 3 aliphatic carbocycles. The van der Waals surface area contributed by atoms with Crippen molar-refractivity contribution in [2.45, 2.75) is 60.5 Å². The van der Waals surface area contributed by atoms with E-state index < -0.39 is 22.5 Å². The number of fused-ring (bicyclic) bond motifs is 3. The highest BCUT2D eigenvalue weighted by atomic mass is 32.2. The molecule has 160 valence electrons. The highest BCUT2D eigenvalue weighted by Crippen LogP contribution is 2.58. The van der Waals surface area contributed by atoms with Crippen LogP contribution in [0.4, 0.5) is 10.5 Å². The number of carbonyl (C=O) groups excluding carboxylic acids is 1. The molecule has 5 rings (SSSR count). The van der Waals surface area contributed by atoms with Gasteiger partial charge < -0.3 is 24.1 Å². The molecule has 0 aromatic carbocycles. The Morgan fingerprint density at radius 2 is 2.03 bits per heavy atom. The average Bonchev–Trinajstić information content (AvgIpc) is 3.09. The Bertz CT molecular complexity index is 1100. The van der Waals surface area contributed by atoms with Gasteiger partial charge in [0.1, 0.15) is 0 Å². The molecule has 1 saturated carbocycles. The number of carbonyl (C=O) groups is 1. The van der Waals surface area contributed by atoms with Gasteiger partial charge in [-0.1, -0.05) is 6.07 Å². The summed E-state index contributed by atoms with van der Waals surface area (Å²) in [6.45, 7) is -0.395. The van der Waals surface area contributed by atoms with E-state index in [1.807, 2.05) is 0 Å². The zero-order chi connectivity index (χ0) is 20.9. The molecule has 1 fully saturated rings. The van der Waals surface area contributed by atoms with Crippen molar-refractivity contribution < 1.29 is 19.2 Å². The summed E-state index contributed by atoms with van der Waals surface area (Å²) in [5.41, 5.74) is 6.32. The summed E-state index contributed by atoms with van der Waals surface area (Å²) in [5.74, 6) is -0.419. The first-order valence-corrected chi connectivity index (χ1v) is 12.3. The molecule has 2 amide bonds. The van der Waals surface area contributed by atoms with Crippen LogP contribution in [-0.2, 0) is 39.5 Å². The Balaban J connectivity index is 1.41. The van der Waals surface area contributed by atoms with Crippen molar-refractivity contribution in [3.8, 4) is 0 Å². The number of rotatable bonds is 5. The molecule has 1 spiro atoms. The molecule has 3 aliphatic rings. The number of anilines is 1. The topological polar surface area (TPSA) is 112 Å². The maximum Gasteiger partial charge on any atom is 0.322 e. The van der Waals surface area contributed by atoms with E-state index >= 15 is 0 Å². The molecule has 0 bridgehead atoms. The molecule has 0 saturated heterocycles. The number of pyridine rings is 1. The summed E-state index contributed by atoms with van der Waals surface area (Å²) in [7, 11) is -1.83. The van der Waals surface area contributed by atoms with Crippen LogP contribution in [0.15, 0.2) is 20.0 Å². The molecule has 0 aliphatic heterocycles. The fraction of sp³-hybridized carbons (Fsp3) is 0.524. The van der Waals surface area contributed by atoms with E-state index in [0.29, 0.717) is 9.77 Å². The Morgan fingerprint density at radius 3 is 2.77 bits per heavy atom. The van der Waals surface area contributed by atoms with E-state index in [1.165, 1.54) is 29.9 Å². The molecule has 2 aromatic heterocycles. The monoisotopic (exact) mass is 446 g/mol. The number of aliphatic hydroxyl groups excluding tert-OH is 2. The number of aryl methyl sites for hydroxylation is 1. The highest BCUT2D eigenvalue weighted by molar-refractivity contribution is 7.78. The molecule has 7 nitrogen and oxygen atoms in total. The number of hydrogen-bond donors (Lipinski definition) is 3. The van der Waals surface area contributed by atoms with Crippen LogP contribution >= 0.6 is 11.3 Å². The normalized spacial score (nSPS) is 19.3.